The van der Waals surface area contributed by atoms with Crippen molar-refractivity contribution < 1.29 is 14.3 Å². The molecule has 5 rings (SSSR count). The number of carbonyl (C=O) groups is 1. The number of anilines is 1. The van der Waals surface area contributed by atoms with Gasteiger partial charge in [-0.2, -0.15) is 0 Å². The molecule has 4 nitrogen and oxygen atoms in total. The van der Waals surface area contributed by atoms with Gasteiger partial charge in [-0.15, -0.1) is 0 Å². The molecule has 0 amide bonds. The molecular weight excluding hydrogens is 302 g/mol. The first-order valence-corrected chi connectivity index (χ1v) is 8.97. The molecule has 1 aromatic rings. The Kier molecular flexibility index (Phi) is 3.23. The predicted molar refractivity (Wildman–Crippen MR) is 93.5 cm³/mol. The number of fused-ring (bicyclic) bond motifs is 3. The minimum absolute atomic E-state index is 0.00773. The summed E-state index contributed by atoms with van der Waals surface area (Å²) < 4.78 is 11.4. The quantitative estimate of drug-likeness (QED) is 0.824. The van der Waals surface area contributed by atoms with Crippen LogP contribution in [0.4, 0.5) is 5.69 Å². The second-order valence-electron chi connectivity index (χ2n) is 8.74. The van der Waals surface area contributed by atoms with E-state index >= 15 is 0 Å². The molecule has 0 radical (unpaired) electrons. The highest BCUT2D eigenvalue weighted by atomic mass is 16.6. The van der Waals surface area contributed by atoms with Crippen LogP contribution >= 0.6 is 0 Å². The van der Waals surface area contributed by atoms with Crippen molar-refractivity contribution >= 4 is 11.7 Å². The van der Waals surface area contributed by atoms with Gasteiger partial charge in [0.05, 0.1) is 12.5 Å². The van der Waals surface area contributed by atoms with Crippen LogP contribution in [0.1, 0.15) is 64.4 Å². The fourth-order valence-electron chi connectivity index (χ4n) is 5.04. The number of nitrogens with one attached hydrogen (secondary N) is 1. The van der Waals surface area contributed by atoms with Crippen molar-refractivity contribution in [2.24, 2.45) is 5.41 Å². The summed E-state index contributed by atoms with van der Waals surface area (Å²) in [6, 6.07) is 6.20. The molecule has 3 aliphatic carbocycles. The van der Waals surface area contributed by atoms with Crippen molar-refractivity contribution in [1.29, 1.82) is 0 Å². The molecule has 0 aromatic heterocycles. The Balaban J connectivity index is 1.70. The van der Waals surface area contributed by atoms with E-state index in [4.69, 9.17) is 9.47 Å². The van der Waals surface area contributed by atoms with Crippen LogP contribution in [0.2, 0.25) is 0 Å². The first kappa shape index (κ1) is 15.8. The largest absolute Gasteiger partial charge is 0.496 e. The second kappa shape index (κ2) is 4.90. The van der Waals surface area contributed by atoms with E-state index in [9.17, 15) is 4.79 Å². The molecule has 1 spiro atoms. The molecule has 1 N–H and O–H groups in total. The van der Waals surface area contributed by atoms with Crippen molar-refractivity contribution in [3.8, 4) is 5.75 Å². The molecule has 1 aliphatic heterocycles. The van der Waals surface area contributed by atoms with E-state index < -0.39 is 5.60 Å². The minimum Gasteiger partial charge on any atom is -0.496 e. The Morgan fingerprint density at radius 1 is 1.21 bits per heavy atom. The van der Waals surface area contributed by atoms with Crippen LogP contribution in [-0.4, -0.2) is 24.2 Å². The standard InChI is InChI=1S/C20H27NO3/c1-18(2,3)24-17(22)19-8-10-20(11-9-19)13(12-19)16-14(21-20)6-5-7-15(16)23-4/h5-7,13,21H,8-12H2,1-4H3. The molecule has 1 heterocycles. The zero-order valence-electron chi connectivity index (χ0n) is 15.1. The lowest BCUT2D eigenvalue weighted by Gasteiger charge is -2.54. The summed E-state index contributed by atoms with van der Waals surface area (Å²) in [5.74, 6) is 1.26. The minimum atomic E-state index is -0.429. The summed E-state index contributed by atoms with van der Waals surface area (Å²) in [6.45, 7) is 5.85. The lowest BCUT2D eigenvalue weighted by Crippen LogP contribution is -2.56. The van der Waals surface area contributed by atoms with Gasteiger partial charge in [0.1, 0.15) is 11.4 Å². The first-order chi connectivity index (χ1) is 11.3. The normalized spacial score (nSPS) is 33.4. The maximum atomic E-state index is 13.0. The molecule has 24 heavy (non-hydrogen) atoms. The number of rotatable bonds is 2. The molecule has 3 saturated carbocycles. The van der Waals surface area contributed by atoms with Crippen LogP contribution in [0.5, 0.6) is 5.75 Å². The van der Waals surface area contributed by atoms with Crippen LogP contribution in [0, 0.1) is 5.41 Å². The average molecular weight is 329 g/mol. The van der Waals surface area contributed by atoms with Gasteiger partial charge < -0.3 is 14.8 Å². The molecule has 130 valence electrons. The third-order valence-corrected chi connectivity index (χ3v) is 6.21. The predicted octanol–water partition coefficient (Wildman–Crippen LogP) is 4.25. The van der Waals surface area contributed by atoms with Crippen LogP contribution < -0.4 is 10.1 Å². The zero-order valence-corrected chi connectivity index (χ0v) is 15.1. The van der Waals surface area contributed by atoms with Gasteiger partial charge >= 0.3 is 5.97 Å². The number of benzene rings is 1. The second-order valence-corrected chi connectivity index (χ2v) is 8.74. The number of esters is 1. The van der Waals surface area contributed by atoms with E-state index in [1.165, 1.54) is 11.3 Å². The molecule has 1 atom stereocenters. The van der Waals surface area contributed by atoms with Crippen molar-refractivity contribution in [2.75, 3.05) is 12.4 Å². The molecular formula is C20H27NO3. The zero-order chi connectivity index (χ0) is 17.2. The van der Waals surface area contributed by atoms with Crippen LogP contribution in [0.15, 0.2) is 18.2 Å². The third kappa shape index (κ3) is 2.15. The lowest BCUT2D eigenvalue weighted by molar-refractivity contribution is -0.175. The topological polar surface area (TPSA) is 47.6 Å². The van der Waals surface area contributed by atoms with E-state index in [1.54, 1.807) is 7.11 Å². The van der Waals surface area contributed by atoms with E-state index in [0.29, 0.717) is 5.92 Å². The molecule has 2 bridgehead atoms. The van der Waals surface area contributed by atoms with E-state index in [1.807, 2.05) is 32.9 Å². The summed E-state index contributed by atoms with van der Waals surface area (Å²) in [4.78, 5) is 13.0. The van der Waals surface area contributed by atoms with Gasteiger partial charge in [-0.1, -0.05) is 6.07 Å². The molecule has 4 aliphatic rings. The molecule has 0 saturated heterocycles. The number of hydrogen-bond acceptors (Lipinski definition) is 4. The van der Waals surface area contributed by atoms with Crippen molar-refractivity contribution in [3.05, 3.63) is 23.8 Å². The van der Waals surface area contributed by atoms with Gasteiger partial charge in [-0.3, -0.25) is 4.79 Å². The molecule has 1 unspecified atom stereocenters. The Bertz CT molecular complexity index is 681. The molecule has 4 heteroatoms. The monoisotopic (exact) mass is 329 g/mol. The fourth-order valence-corrected chi connectivity index (χ4v) is 5.04. The van der Waals surface area contributed by atoms with Crippen LogP contribution in [0.25, 0.3) is 0 Å². The van der Waals surface area contributed by atoms with Crippen molar-refractivity contribution in [1.82, 2.24) is 0 Å². The Hall–Kier alpha value is -1.71. The number of methoxy groups -OCH3 is 1. The van der Waals surface area contributed by atoms with Crippen LogP contribution in [-0.2, 0) is 9.53 Å². The third-order valence-electron chi connectivity index (χ3n) is 6.21. The Labute approximate surface area is 143 Å². The van der Waals surface area contributed by atoms with Crippen molar-refractivity contribution in [3.63, 3.8) is 0 Å². The smallest absolute Gasteiger partial charge is 0.312 e. The van der Waals surface area contributed by atoms with E-state index in [-0.39, 0.29) is 16.9 Å². The number of ether oxygens (including phenoxy) is 2. The summed E-state index contributed by atoms with van der Waals surface area (Å²) >= 11 is 0. The highest BCUT2D eigenvalue weighted by Gasteiger charge is 2.62. The highest BCUT2D eigenvalue weighted by Crippen LogP contribution is 2.65. The maximum absolute atomic E-state index is 13.0. The molecule has 1 aromatic carbocycles. The summed E-state index contributed by atoms with van der Waals surface area (Å²) in [5, 5.41) is 3.78. The SMILES string of the molecule is COc1cccc2c1C1CC3(C(=O)OC(C)(C)C)CCC1(CC3)N2. The van der Waals surface area contributed by atoms with Gasteiger partial charge in [-0.25, -0.2) is 0 Å². The molecule has 3 fully saturated rings. The summed E-state index contributed by atoms with van der Waals surface area (Å²) in [7, 11) is 1.73. The average Bonchev–Trinajstić information content (AvgIpc) is 2.87. The highest BCUT2D eigenvalue weighted by molar-refractivity contribution is 5.80. The van der Waals surface area contributed by atoms with E-state index in [2.05, 4.69) is 11.4 Å². The Morgan fingerprint density at radius 3 is 2.54 bits per heavy atom. The van der Waals surface area contributed by atoms with Gasteiger partial charge in [0, 0.05) is 22.7 Å². The van der Waals surface area contributed by atoms with Crippen LogP contribution in [0.3, 0.4) is 0 Å². The van der Waals surface area contributed by atoms with Gasteiger partial charge in [-0.05, 0) is 65.0 Å². The van der Waals surface area contributed by atoms with Crippen molar-refractivity contribution in [2.45, 2.75) is 69.9 Å². The number of hydrogen-bond donors (Lipinski definition) is 1. The van der Waals surface area contributed by atoms with E-state index in [0.717, 1.165) is 37.9 Å². The van der Waals surface area contributed by atoms with Gasteiger partial charge in [0.15, 0.2) is 0 Å². The maximum Gasteiger partial charge on any atom is 0.312 e. The summed E-state index contributed by atoms with van der Waals surface area (Å²) in [5.41, 5.74) is 1.78. The lowest BCUT2D eigenvalue weighted by atomic mass is 9.52. The fraction of sp³-hybridized carbons (Fsp3) is 0.650. The number of carbonyl (C=O) groups excluding carboxylic acids is 1. The summed E-state index contributed by atoms with van der Waals surface area (Å²) in [6.07, 6.45) is 4.75. The van der Waals surface area contributed by atoms with Gasteiger partial charge in [0.2, 0.25) is 0 Å². The van der Waals surface area contributed by atoms with Gasteiger partial charge in [0.25, 0.3) is 0 Å². The first-order valence-electron chi connectivity index (χ1n) is 8.97. The Morgan fingerprint density at radius 2 is 1.92 bits per heavy atom.